The van der Waals surface area contributed by atoms with Crippen LogP contribution in [0.15, 0.2) is 71.7 Å². The highest BCUT2D eigenvalue weighted by atomic mass is 16.5. The summed E-state index contributed by atoms with van der Waals surface area (Å²) in [5.74, 6) is 2.87. The van der Waals surface area contributed by atoms with Gasteiger partial charge >= 0.3 is 0 Å². The van der Waals surface area contributed by atoms with Crippen LogP contribution < -0.4 is 9.47 Å². The zero-order valence-corrected chi connectivity index (χ0v) is 19.7. The summed E-state index contributed by atoms with van der Waals surface area (Å²) >= 11 is 0. The highest BCUT2D eigenvalue weighted by Gasteiger charge is 2.20. The lowest BCUT2D eigenvalue weighted by molar-refractivity contribution is -0.104. The molecule has 0 N–H and O–H groups in total. The van der Waals surface area contributed by atoms with Gasteiger partial charge in [0.05, 0.1) is 20.3 Å². The van der Waals surface area contributed by atoms with Gasteiger partial charge in [-0.25, -0.2) is 0 Å². The fourth-order valence-electron chi connectivity index (χ4n) is 3.68. The Hall–Kier alpha value is -3.09. The highest BCUT2D eigenvalue weighted by Crippen LogP contribution is 2.38. The number of hydrogen-bond acceptors (Lipinski definition) is 6. The number of morpholine rings is 1. The van der Waals surface area contributed by atoms with Crippen LogP contribution in [0.25, 0.3) is 5.57 Å². The lowest BCUT2D eigenvalue weighted by Gasteiger charge is -2.26. The van der Waals surface area contributed by atoms with E-state index in [0.29, 0.717) is 18.1 Å². The van der Waals surface area contributed by atoms with Crippen LogP contribution in [0.2, 0.25) is 0 Å². The maximum absolute atomic E-state index is 11.3. The van der Waals surface area contributed by atoms with Crippen LogP contribution in [0.4, 0.5) is 0 Å². The van der Waals surface area contributed by atoms with Crippen molar-refractivity contribution in [2.24, 2.45) is 0 Å². The zero-order valence-electron chi connectivity index (χ0n) is 19.7. The number of methoxy groups -OCH3 is 1. The first kappa shape index (κ1) is 24.6. The van der Waals surface area contributed by atoms with Gasteiger partial charge in [-0.2, -0.15) is 0 Å². The molecule has 0 aromatic heterocycles. The van der Waals surface area contributed by atoms with Crippen LogP contribution in [0.1, 0.15) is 25.8 Å². The van der Waals surface area contributed by atoms with Gasteiger partial charge < -0.3 is 18.9 Å². The number of carbonyl (C=O) groups excluding carboxylic acids is 1. The molecule has 2 heterocycles. The molecule has 2 aliphatic heterocycles. The largest absolute Gasteiger partial charge is 0.497 e. The van der Waals surface area contributed by atoms with Crippen molar-refractivity contribution in [3.8, 4) is 11.5 Å². The number of rotatable bonds is 10. The van der Waals surface area contributed by atoms with Crippen LogP contribution in [-0.2, 0) is 14.3 Å². The van der Waals surface area contributed by atoms with E-state index in [4.69, 9.17) is 18.9 Å². The third-order valence-corrected chi connectivity index (χ3v) is 5.51. The minimum Gasteiger partial charge on any atom is -0.497 e. The van der Waals surface area contributed by atoms with Gasteiger partial charge in [0.2, 0.25) is 0 Å². The average Bonchev–Trinajstić information content (AvgIpc) is 2.84. The van der Waals surface area contributed by atoms with E-state index in [0.717, 1.165) is 73.8 Å². The molecule has 0 unspecified atom stereocenters. The first-order valence-corrected chi connectivity index (χ1v) is 11.4. The summed E-state index contributed by atoms with van der Waals surface area (Å²) in [5, 5.41) is 0. The smallest absolute Gasteiger partial charge is 0.143 e. The summed E-state index contributed by atoms with van der Waals surface area (Å²) in [6, 6.07) is 5.75. The molecule has 6 heteroatoms. The quantitative estimate of drug-likeness (QED) is 0.222. The molecular weight excluding hydrogens is 418 g/mol. The van der Waals surface area contributed by atoms with Crippen LogP contribution in [0, 0.1) is 0 Å². The summed E-state index contributed by atoms with van der Waals surface area (Å²) in [7, 11) is 1.64. The molecule has 1 aromatic rings. The Morgan fingerprint density at radius 1 is 1.21 bits per heavy atom. The van der Waals surface area contributed by atoms with Crippen molar-refractivity contribution in [3.05, 3.63) is 77.3 Å². The molecule has 0 amide bonds. The first-order valence-electron chi connectivity index (χ1n) is 11.4. The van der Waals surface area contributed by atoms with Crippen molar-refractivity contribution >= 4 is 11.9 Å². The van der Waals surface area contributed by atoms with Gasteiger partial charge in [-0.05, 0) is 60.9 Å². The van der Waals surface area contributed by atoms with Gasteiger partial charge in [0.1, 0.15) is 35.9 Å². The van der Waals surface area contributed by atoms with Crippen molar-refractivity contribution in [1.29, 1.82) is 0 Å². The predicted molar refractivity (Wildman–Crippen MR) is 130 cm³/mol. The molecule has 0 aliphatic carbocycles. The maximum Gasteiger partial charge on any atom is 0.143 e. The summed E-state index contributed by atoms with van der Waals surface area (Å²) in [6.07, 6.45) is 12.7. The number of aldehydes is 1. The molecule has 1 fully saturated rings. The molecule has 1 aromatic carbocycles. The molecule has 6 nitrogen and oxygen atoms in total. The molecule has 33 heavy (non-hydrogen) atoms. The van der Waals surface area contributed by atoms with Crippen LogP contribution >= 0.6 is 0 Å². The minimum atomic E-state index is 0.591. The van der Waals surface area contributed by atoms with E-state index in [9.17, 15) is 4.79 Å². The monoisotopic (exact) mass is 451 g/mol. The number of fused-ring (bicyclic) bond motifs is 1. The van der Waals surface area contributed by atoms with Crippen molar-refractivity contribution < 1.29 is 23.7 Å². The summed E-state index contributed by atoms with van der Waals surface area (Å²) < 4.78 is 23.0. The standard InChI is InChI=1S/C27H33NO5/c1-4-6-23(30-3)8-7-21(5-2)26-19-22(11-15-29)25-10-9-24(20-27(25)33-26)32-18-14-28-12-16-31-17-13-28/h4,6-11,15,19-20H,5,12-14,16-18H2,1-3H3/b6-4-,21-7+,22-11+,23-8+. The Morgan fingerprint density at radius 2 is 2.03 bits per heavy atom. The predicted octanol–water partition coefficient (Wildman–Crippen LogP) is 4.70. The van der Waals surface area contributed by atoms with Crippen molar-refractivity contribution in [2.75, 3.05) is 46.6 Å². The van der Waals surface area contributed by atoms with Gasteiger partial charge in [0.25, 0.3) is 0 Å². The van der Waals surface area contributed by atoms with E-state index in [1.165, 1.54) is 0 Å². The molecule has 0 saturated carbocycles. The van der Waals surface area contributed by atoms with Crippen molar-refractivity contribution in [2.45, 2.75) is 20.3 Å². The van der Waals surface area contributed by atoms with E-state index in [2.05, 4.69) is 11.8 Å². The van der Waals surface area contributed by atoms with Gasteiger partial charge in [-0.15, -0.1) is 0 Å². The lowest BCUT2D eigenvalue weighted by Crippen LogP contribution is -2.38. The number of benzene rings is 1. The molecule has 0 atom stereocenters. The minimum absolute atomic E-state index is 0.591. The second kappa shape index (κ2) is 12.8. The summed E-state index contributed by atoms with van der Waals surface area (Å²) in [4.78, 5) is 13.6. The lowest BCUT2D eigenvalue weighted by atomic mass is 9.98. The van der Waals surface area contributed by atoms with Crippen molar-refractivity contribution in [1.82, 2.24) is 4.90 Å². The van der Waals surface area contributed by atoms with Gasteiger partial charge in [-0.3, -0.25) is 9.69 Å². The Kier molecular flexibility index (Phi) is 9.54. The number of hydrogen-bond donors (Lipinski definition) is 0. The number of ether oxygens (including phenoxy) is 4. The summed E-state index contributed by atoms with van der Waals surface area (Å²) in [6.45, 7) is 8.87. The second-order valence-electron chi connectivity index (χ2n) is 7.65. The molecule has 2 aliphatic rings. The van der Waals surface area contributed by atoms with Crippen molar-refractivity contribution in [3.63, 3.8) is 0 Å². The number of nitrogens with zero attached hydrogens (tertiary/aromatic N) is 1. The zero-order chi connectivity index (χ0) is 23.5. The topological polar surface area (TPSA) is 57.2 Å². The Labute approximate surface area is 196 Å². The fourth-order valence-corrected chi connectivity index (χ4v) is 3.68. The fraction of sp³-hybridized carbons (Fsp3) is 0.370. The molecule has 1 saturated heterocycles. The number of carbonyl (C=O) groups is 1. The Morgan fingerprint density at radius 3 is 2.73 bits per heavy atom. The Bertz CT molecular complexity index is 965. The molecule has 0 radical (unpaired) electrons. The van der Waals surface area contributed by atoms with E-state index < -0.39 is 0 Å². The van der Waals surface area contributed by atoms with Crippen LogP contribution in [0.3, 0.4) is 0 Å². The number of allylic oxidation sites excluding steroid dienone is 8. The maximum atomic E-state index is 11.3. The van der Waals surface area contributed by atoms with Crippen LogP contribution in [-0.4, -0.2) is 57.8 Å². The van der Waals surface area contributed by atoms with Gasteiger partial charge in [-0.1, -0.05) is 19.1 Å². The molecule has 3 rings (SSSR count). The normalized spacial score (nSPS) is 18.6. The van der Waals surface area contributed by atoms with Gasteiger partial charge in [0, 0.05) is 31.3 Å². The van der Waals surface area contributed by atoms with E-state index in [1.807, 2.05) is 55.5 Å². The van der Waals surface area contributed by atoms with Gasteiger partial charge in [0.15, 0.2) is 0 Å². The van der Waals surface area contributed by atoms with E-state index in [-0.39, 0.29) is 0 Å². The highest BCUT2D eigenvalue weighted by molar-refractivity contribution is 5.90. The van der Waals surface area contributed by atoms with E-state index >= 15 is 0 Å². The second-order valence-corrected chi connectivity index (χ2v) is 7.65. The molecular formula is C27H33NO5. The third-order valence-electron chi connectivity index (χ3n) is 5.51. The third kappa shape index (κ3) is 6.94. The van der Waals surface area contributed by atoms with Crippen LogP contribution in [0.5, 0.6) is 11.5 Å². The molecule has 0 bridgehead atoms. The SMILES string of the molecule is C\C=C/C(=C\C=C(/CC)C1=C/C(=C\C=O)c2ccc(OCCN3CCOCC3)cc2O1)OC. The average molecular weight is 452 g/mol. The first-order chi connectivity index (χ1) is 16.2. The summed E-state index contributed by atoms with van der Waals surface area (Å²) in [5.41, 5.74) is 2.67. The molecule has 0 spiro atoms. The molecule has 176 valence electrons. The van der Waals surface area contributed by atoms with E-state index in [1.54, 1.807) is 13.2 Å². The Balaban J connectivity index is 1.79.